The van der Waals surface area contributed by atoms with Gasteiger partial charge < -0.3 is 9.47 Å². The van der Waals surface area contributed by atoms with E-state index in [1.54, 1.807) is 6.26 Å². The molecule has 0 unspecified atom stereocenters. The predicted molar refractivity (Wildman–Crippen MR) is 56.1 cm³/mol. The van der Waals surface area contributed by atoms with Gasteiger partial charge in [0.15, 0.2) is 0 Å². The molecular weight excluding hydrogens is 219 g/mol. The van der Waals surface area contributed by atoms with Crippen molar-refractivity contribution in [2.45, 2.75) is 4.90 Å². The van der Waals surface area contributed by atoms with Gasteiger partial charge in [-0.05, 0) is 18.4 Å². The standard InChI is InChI=1S/C10H11FO3S/c1-13-7-5-4-6(11)9(15-3)8(7)10(12)14-2/h4-5H,1-3H3. The van der Waals surface area contributed by atoms with Crippen LogP contribution in [0.2, 0.25) is 0 Å². The third-order valence-electron chi connectivity index (χ3n) is 1.88. The Morgan fingerprint density at radius 3 is 2.53 bits per heavy atom. The quantitative estimate of drug-likeness (QED) is 0.590. The van der Waals surface area contributed by atoms with E-state index < -0.39 is 11.8 Å². The zero-order chi connectivity index (χ0) is 11.4. The molecule has 82 valence electrons. The number of thioether (sulfide) groups is 1. The first-order chi connectivity index (χ1) is 7.15. The Bertz CT molecular complexity index is 379. The number of carbonyl (C=O) groups excluding carboxylic acids is 1. The number of carbonyl (C=O) groups is 1. The van der Waals surface area contributed by atoms with Crippen molar-refractivity contribution in [3.63, 3.8) is 0 Å². The van der Waals surface area contributed by atoms with Crippen LogP contribution in [0.15, 0.2) is 17.0 Å². The van der Waals surface area contributed by atoms with E-state index in [0.717, 1.165) is 11.8 Å². The molecule has 0 bridgehead atoms. The van der Waals surface area contributed by atoms with Crippen LogP contribution in [-0.4, -0.2) is 26.4 Å². The van der Waals surface area contributed by atoms with Crippen LogP contribution in [0.3, 0.4) is 0 Å². The Kier molecular flexibility index (Phi) is 3.96. The lowest BCUT2D eigenvalue weighted by Crippen LogP contribution is -2.07. The van der Waals surface area contributed by atoms with Gasteiger partial charge in [-0.1, -0.05) is 0 Å². The summed E-state index contributed by atoms with van der Waals surface area (Å²) in [6.45, 7) is 0. The second kappa shape index (κ2) is 5.02. The first-order valence-electron chi connectivity index (χ1n) is 4.14. The zero-order valence-electron chi connectivity index (χ0n) is 8.67. The fraction of sp³-hybridized carbons (Fsp3) is 0.300. The number of methoxy groups -OCH3 is 2. The molecule has 0 N–H and O–H groups in total. The zero-order valence-corrected chi connectivity index (χ0v) is 9.48. The Morgan fingerprint density at radius 1 is 1.40 bits per heavy atom. The van der Waals surface area contributed by atoms with Gasteiger partial charge in [-0.3, -0.25) is 0 Å². The van der Waals surface area contributed by atoms with E-state index in [1.165, 1.54) is 26.4 Å². The van der Waals surface area contributed by atoms with Crippen LogP contribution in [0.5, 0.6) is 5.75 Å². The van der Waals surface area contributed by atoms with E-state index in [2.05, 4.69) is 4.74 Å². The van der Waals surface area contributed by atoms with E-state index in [0.29, 0.717) is 5.75 Å². The molecule has 1 rings (SSSR count). The summed E-state index contributed by atoms with van der Waals surface area (Å²) in [5.41, 5.74) is 0.132. The summed E-state index contributed by atoms with van der Waals surface area (Å²) in [7, 11) is 2.67. The van der Waals surface area contributed by atoms with Gasteiger partial charge >= 0.3 is 5.97 Å². The highest BCUT2D eigenvalue weighted by Gasteiger charge is 2.20. The number of rotatable bonds is 3. The number of benzene rings is 1. The summed E-state index contributed by atoms with van der Waals surface area (Å²) < 4.78 is 22.9. The molecule has 1 aromatic carbocycles. The van der Waals surface area contributed by atoms with E-state index in [9.17, 15) is 9.18 Å². The van der Waals surface area contributed by atoms with Crippen molar-refractivity contribution in [2.75, 3.05) is 20.5 Å². The van der Waals surface area contributed by atoms with E-state index >= 15 is 0 Å². The monoisotopic (exact) mass is 230 g/mol. The van der Waals surface area contributed by atoms with Gasteiger partial charge in [0.2, 0.25) is 0 Å². The summed E-state index contributed by atoms with van der Waals surface area (Å²) in [6.07, 6.45) is 1.68. The van der Waals surface area contributed by atoms with Gasteiger partial charge in [0, 0.05) is 0 Å². The van der Waals surface area contributed by atoms with Crippen molar-refractivity contribution < 1.29 is 18.7 Å². The van der Waals surface area contributed by atoms with Gasteiger partial charge in [-0.2, -0.15) is 0 Å². The molecule has 15 heavy (non-hydrogen) atoms. The Hall–Kier alpha value is -1.23. The normalized spacial score (nSPS) is 9.87. The average Bonchev–Trinajstić information content (AvgIpc) is 2.27. The van der Waals surface area contributed by atoms with Crippen molar-refractivity contribution >= 4 is 17.7 Å². The van der Waals surface area contributed by atoms with Crippen LogP contribution in [0.1, 0.15) is 10.4 Å². The maximum absolute atomic E-state index is 13.4. The van der Waals surface area contributed by atoms with Gasteiger partial charge in [-0.15, -0.1) is 11.8 Å². The molecule has 0 amide bonds. The van der Waals surface area contributed by atoms with Crippen LogP contribution in [0.4, 0.5) is 4.39 Å². The Morgan fingerprint density at radius 2 is 2.07 bits per heavy atom. The van der Waals surface area contributed by atoms with Crippen LogP contribution in [0.25, 0.3) is 0 Å². The lowest BCUT2D eigenvalue weighted by atomic mass is 10.2. The molecule has 0 fully saturated rings. The Labute approximate surface area is 91.6 Å². The number of esters is 1. The van der Waals surface area contributed by atoms with E-state index in [4.69, 9.17) is 4.74 Å². The Balaban J connectivity index is 3.40. The maximum Gasteiger partial charge on any atom is 0.342 e. The molecule has 1 aromatic rings. The second-order valence-corrected chi connectivity index (χ2v) is 3.47. The summed E-state index contributed by atoms with van der Waals surface area (Å²) >= 11 is 1.14. The SMILES string of the molecule is COC(=O)c1c(OC)ccc(F)c1SC. The summed E-state index contributed by atoms with van der Waals surface area (Å²) in [5.74, 6) is -0.744. The maximum atomic E-state index is 13.4. The molecule has 0 aliphatic carbocycles. The highest BCUT2D eigenvalue weighted by atomic mass is 32.2. The molecule has 0 aromatic heterocycles. The van der Waals surface area contributed by atoms with E-state index in [-0.39, 0.29) is 10.5 Å². The molecule has 0 aliphatic heterocycles. The van der Waals surface area contributed by atoms with Crippen LogP contribution in [0, 0.1) is 5.82 Å². The molecule has 3 nitrogen and oxygen atoms in total. The summed E-state index contributed by atoms with van der Waals surface area (Å²) in [4.78, 5) is 11.7. The molecule has 0 saturated heterocycles. The molecule has 0 spiro atoms. The highest BCUT2D eigenvalue weighted by Crippen LogP contribution is 2.31. The largest absolute Gasteiger partial charge is 0.496 e. The topological polar surface area (TPSA) is 35.5 Å². The van der Waals surface area contributed by atoms with Gasteiger partial charge in [0.25, 0.3) is 0 Å². The smallest absolute Gasteiger partial charge is 0.342 e. The predicted octanol–water partition coefficient (Wildman–Crippen LogP) is 2.34. The van der Waals surface area contributed by atoms with Crippen LogP contribution < -0.4 is 4.74 Å². The highest BCUT2D eigenvalue weighted by molar-refractivity contribution is 7.98. The van der Waals surface area contributed by atoms with Crippen molar-refractivity contribution in [3.05, 3.63) is 23.5 Å². The first kappa shape index (κ1) is 11.8. The van der Waals surface area contributed by atoms with Crippen molar-refractivity contribution in [2.24, 2.45) is 0 Å². The van der Waals surface area contributed by atoms with Crippen molar-refractivity contribution in [1.29, 1.82) is 0 Å². The lowest BCUT2D eigenvalue weighted by molar-refractivity contribution is 0.0592. The van der Waals surface area contributed by atoms with Crippen molar-refractivity contribution in [3.8, 4) is 5.75 Å². The third kappa shape index (κ3) is 2.23. The number of ether oxygens (including phenoxy) is 2. The molecule has 0 heterocycles. The number of halogens is 1. The fourth-order valence-electron chi connectivity index (χ4n) is 1.20. The first-order valence-corrected chi connectivity index (χ1v) is 5.37. The molecule has 0 atom stereocenters. The fourth-order valence-corrected chi connectivity index (χ4v) is 1.86. The molecule has 0 saturated carbocycles. The molecule has 0 aliphatic rings. The minimum atomic E-state index is -0.601. The molecule has 5 heteroatoms. The van der Waals surface area contributed by atoms with Gasteiger partial charge in [0.05, 0.1) is 19.1 Å². The summed E-state index contributed by atoms with van der Waals surface area (Å²) in [6, 6.07) is 2.67. The average molecular weight is 230 g/mol. The molecular formula is C10H11FO3S. The van der Waals surface area contributed by atoms with Crippen LogP contribution in [-0.2, 0) is 4.74 Å². The molecule has 0 radical (unpaired) electrons. The van der Waals surface area contributed by atoms with Gasteiger partial charge in [-0.25, -0.2) is 9.18 Å². The summed E-state index contributed by atoms with van der Waals surface area (Å²) in [5, 5.41) is 0. The number of hydrogen-bond acceptors (Lipinski definition) is 4. The van der Waals surface area contributed by atoms with Crippen molar-refractivity contribution in [1.82, 2.24) is 0 Å². The minimum Gasteiger partial charge on any atom is -0.496 e. The minimum absolute atomic E-state index is 0.132. The van der Waals surface area contributed by atoms with Gasteiger partial charge in [0.1, 0.15) is 17.1 Å². The second-order valence-electron chi connectivity index (χ2n) is 2.65. The lowest BCUT2D eigenvalue weighted by Gasteiger charge is -2.11. The van der Waals surface area contributed by atoms with E-state index in [1.807, 2.05) is 0 Å². The van der Waals surface area contributed by atoms with Crippen LogP contribution >= 0.6 is 11.8 Å². The third-order valence-corrected chi connectivity index (χ3v) is 2.69. The number of hydrogen-bond donors (Lipinski definition) is 0.